The standard InChI is InChI=1S/C19H23N3O6S/c1-12(19(24)21-15-8-6-5-7-14(15)18(20)23)22(29(4,25)26)16-11-13(27-2)9-10-17(16)28-3/h5-12H,1-4H3,(H2,20,23)(H,21,24). The van der Waals surface area contributed by atoms with Gasteiger partial charge in [-0.05, 0) is 31.2 Å². The predicted molar refractivity (Wildman–Crippen MR) is 110 cm³/mol. The summed E-state index contributed by atoms with van der Waals surface area (Å²) < 4.78 is 36.5. The van der Waals surface area contributed by atoms with E-state index in [0.717, 1.165) is 10.6 Å². The zero-order valence-electron chi connectivity index (χ0n) is 16.5. The van der Waals surface area contributed by atoms with E-state index in [1.165, 1.54) is 39.3 Å². The van der Waals surface area contributed by atoms with Crippen LogP contribution in [0.4, 0.5) is 11.4 Å². The van der Waals surface area contributed by atoms with Crippen molar-refractivity contribution in [1.82, 2.24) is 0 Å². The first-order chi connectivity index (χ1) is 13.6. The fraction of sp³-hybridized carbons (Fsp3) is 0.263. The number of amides is 2. The number of carbonyl (C=O) groups excluding carboxylic acids is 2. The lowest BCUT2D eigenvalue weighted by molar-refractivity contribution is -0.116. The first-order valence-corrected chi connectivity index (χ1v) is 10.4. The van der Waals surface area contributed by atoms with E-state index in [-0.39, 0.29) is 22.7 Å². The van der Waals surface area contributed by atoms with Crippen molar-refractivity contribution in [3.63, 3.8) is 0 Å². The van der Waals surface area contributed by atoms with Gasteiger partial charge in [0.25, 0.3) is 5.91 Å². The highest BCUT2D eigenvalue weighted by molar-refractivity contribution is 7.92. The van der Waals surface area contributed by atoms with Crippen molar-refractivity contribution in [3.8, 4) is 11.5 Å². The molecular formula is C19H23N3O6S. The number of methoxy groups -OCH3 is 2. The quantitative estimate of drug-likeness (QED) is 0.666. The first kappa shape index (κ1) is 22.0. The van der Waals surface area contributed by atoms with E-state index in [0.29, 0.717) is 5.75 Å². The maximum atomic E-state index is 12.9. The van der Waals surface area contributed by atoms with Crippen molar-refractivity contribution in [2.24, 2.45) is 5.73 Å². The Bertz CT molecular complexity index is 1020. The summed E-state index contributed by atoms with van der Waals surface area (Å²) in [4.78, 5) is 24.4. The molecule has 0 saturated heterocycles. The van der Waals surface area contributed by atoms with Gasteiger partial charge in [0.1, 0.15) is 17.5 Å². The van der Waals surface area contributed by atoms with Crippen LogP contribution in [0.1, 0.15) is 17.3 Å². The molecule has 0 aromatic heterocycles. The molecule has 1 atom stereocenters. The average molecular weight is 421 g/mol. The number of anilines is 2. The normalized spacial score (nSPS) is 12.0. The molecule has 0 heterocycles. The highest BCUT2D eigenvalue weighted by atomic mass is 32.2. The van der Waals surface area contributed by atoms with Gasteiger partial charge in [0, 0.05) is 6.07 Å². The summed E-state index contributed by atoms with van der Waals surface area (Å²) in [5.41, 5.74) is 5.76. The topological polar surface area (TPSA) is 128 Å². The molecular weight excluding hydrogens is 398 g/mol. The monoisotopic (exact) mass is 421 g/mol. The summed E-state index contributed by atoms with van der Waals surface area (Å²) in [6.45, 7) is 1.42. The Hall–Kier alpha value is -3.27. The van der Waals surface area contributed by atoms with Gasteiger partial charge in [0.05, 0.1) is 37.4 Å². The maximum absolute atomic E-state index is 12.9. The van der Waals surface area contributed by atoms with Crippen LogP contribution < -0.4 is 24.8 Å². The number of sulfonamides is 1. The largest absolute Gasteiger partial charge is 0.497 e. The molecule has 29 heavy (non-hydrogen) atoms. The van der Waals surface area contributed by atoms with E-state index in [4.69, 9.17) is 15.2 Å². The number of primary amides is 1. The molecule has 2 amide bonds. The van der Waals surface area contributed by atoms with Crippen molar-refractivity contribution in [3.05, 3.63) is 48.0 Å². The Balaban J connectivity index is 2.47. The van der Waals surface area contributed by atoms with Crippen LogP contribution in [0, 0.1) is 0 Å². The minimum absolute atomic E-state index is 0.109. The van der Waals surface area contributed by atoms with Crippen LogP contribution in [0.3, 0.4) is 0 Å². The molecule has 0 aliphatic carbocycles. The average Bonchev–Trinajstić information content (AvgIpc) is 2.67. The summed E-state index contributed by atoms with van der Waals surface area (Å²) in [5, 5.41) is 2.56. The van der Waals surface area contributed by atoms with Crippen LogP contribution in [0.2, 0.25) is 0 Å². The Morgan fingerprint density at radius 1 is 1.10 bits per heavy atom. The number of hydrogen-bond acceptors (Lipinski definition) is 6. The molecule has 0 radical (unpaired) electrons. The Morgan fingerprint density at radius 2 is 1.76 bits per heavy atom. The summed E-state index contributed by atoms with van der Waals surface area (Å²) in [7, 11) is -1.07. The van der Waals surface area contributed by atoms with E-state index in [1.807, 2.05) is 0 Å². The molecule has 0 fully saturated rings. The SMILES string of the molecule is COc1ccc(OC)c(N(C(C)C(=O)Nc2ccccc2C(N)=O)S(C)(=O)=O)c1. The van der Waals surface area contributed by atoms with Crippen LogP contribution in [-0.4, -0.2) is 46.7 Å². The molecule has 3 N–H and O–H groups in total. The predicted octanol–water partition coefficient (Wildman–Crippen LogP) is 1.60. The van der Waals surface area contributed by atoms with E-state index in [9.17, 15) is 18.0 Å². The van der Waals surface area contributed by atoms with E-state index >= 15 is 0 Å². The number of rotatable bonds is 8. The zero-order chi connectivity index (χ0) is 21.8. The summed E-state index contributed by atoms with van der Waals surface area (Å²) in [5.74, 6) is -0.744. The van der Waals surface area contributed by atoms with Crippen LogP contribution in [0.15, 0.2) is 42.5 Å². The summed E-state index contributed by atoms with van der Waals surface area (Å²) >= 11 is 0. The van der Waals surface area contributed by atoms with Crippen molar-refractivity contribution in [2.45, 2.75) is 13.0 Å². The molecule has 2 aromatic rings. The fourth-order valence-corrected chi connectivity index (χ4v) is 3.96. The molecule has 2 rings (SSSR count). The summed E-state index contributed by atoms with van der Waals surface area (Å²) in [6, 6.07) is 9.61. The van der Waals surface area contributed by atoms with Gasteiger partial charge in [0.2, 0.25) is 15.9 Å². The van der Waals surface area contributed by atoms with Crippen LogP contribution in [-0.2, 0) is 14.8 Å². The third kappa shape index (κ3) is 4.96. The van der Waals surface area contributed by atoms with Gasteiger partial charge in [-0.1, -0.05) is 12.1 Å². The zero-order valence-corrected chi connectivity index (χ0v) is 17.3. The van der Waals surface area contributed by atoms with Crippen LogP contribution in [0.5, 0.6) is 11.5 Å². The van der Waals surface area contributed by atoms with Gasteiger partial charge in [-0.3, -0.25) is 13.9 Å². The number of nitrogens with two attached hydrogens (primary N) is 1. The number of nitrogens with one attached hydrogen (secondary N) is 1. The lowest BCUT2D eigenvalue weighted by Crippen LogP contribution is -2.45. The van der Waals surface area contributed by atoms with Gasteiger partial charge in [0.15, 0.2) is 0 Å². The molecule has 1 unspecified atom stereocenters. The number of benzene rings is 2. The third-order valence-corrected chi connectivity index (χ3v) is 5.39. The number of carbonyl (C=O) groups is 2. The van der Waals surface area contributed by atoms with Crippen LogP contribution in [0.25, 0.3) is 0 Å². The number of nitrogens with zero attached hydrogens (tertiary/aromatic N) is 1. The van der Waals surface area contributed by atoms with Gasteiger partial charge >= 0.3 is 0 Å². The molecule has 0 spiro atoms. The molecule has 0 aliphatic rings. The molecule has 2 aromatic carbocycles. The Labute approximate surface area is 169 Å². The van der Waals surface area contributed by atoms with E-state index in [2.05, 4.69) is 5.32 Å². The minimum Gasteiger partial charge on any atom is -0.497 e. The molecule has 156 valence electrons. The summed E-state index contributed by atoms with van der Waals surface area (Å²) in [6.07, 6.45) is 0.979. The van der Waals surface area contributed by atoms with Gasteiger partial charge in [-0.2, -0.15) is 0 Å². The second-order valence-electron chi connectivity index (χ2n) is 6.17. The Kier molecular flexibility index (Phi) is 6.70. The molecule has 9 nitrogen and oxygen atoms in total. The first-order valence-electron chi connectivity index (χ1n) is 8.51. The van der Waals surface area contributed by atoms with E-state index in [1.54, 1.807) is 24.3 Å². The van der Waals surface area contributed by atoms with Crippen molar-refractivity contribution in [1.29, 1.82) is 0 Å². The maximum Gasteiger partial charge on any atom is 0.250 e. The lowest BCUT2D eigenvalue weighted by Gasteiger charge is -2.29. The van der Waals surface area contributed by atoms with Gasteiger partial charge < -0.3 is 20.5 Å². The fourth-order valence-electron chi connectivity index (χ4n) is 2.79. The molecule has 0 aliphatic heterocycles. The molecule has 0 bridgehead atoms. The Morgan fingerprint density at radius 3 is 2.31 bits per heavy atom. The molecule has 10 heteroatoms. The van der Waals surface area contributed by atoms with Crippen LogP contribution >= 0.6 is 0 Å². The second kappa shape index (κ2) is 8.82. The van der Waals surface area contributed by atoms with Crippen molar-refractivity contribution in [2.75, 3.05) is 30.1 Å². The van der Waals surface area contributed by atoms with Gasteiger partial charge in [-0.25, -0.2) is 8.42 Å². The highest BCUT2D eigenvalue weighted by Crippen LogP contribution is 2.35. The number of hydrogen-bond donors (Lipinski definition) is 2. The van der Waals surface area contributed by atoms with Gasteiger partial charge in [-0.15, -0.1) is 0 Å². The van der Waals surface area contributed by atoms with Crippen molar-refractivity contribution < 1.29 is 27.5 Å². The smallest absolute Gasteiger partial charge is 0.250 e. The number of para-hydroxylation sites is 1. The number of ether oxygens (including phenoxy) is 2. The second-order valence-corrected chi connectivity index (χ2v) is 8.03. The minimum atomic E-state index is -3.89. The highest BCUT2D eigenvalue weighted by Gasteiger charge is 2.32. The third-order valence-electron chi connectivity index (χ3n) is 4.16. The van der Waals surface area contributed by atoms with Crippen molar-refractivity contribution >= 4 is 33.2 Å². The lowest BCUT2D eigenvalue weighted by atomic mass is 10.1. The van der Waals surface area contributed by atoms with E-state index < -0.39 is 27.9 Å². The molecule has 0 saturated carbocycles.